The van der Waals surface area contributed by atoms with Crippen molar-refractivity contribution in [1.82, 2.24) is 0 Å². The van der Waals surface area contributed by atoms with Crippen molar-refractivity contribution < 1.29 is 38.4 Å². The zero-order valence-corrected chi connectivity index (χ0v) is 35.7. The number of carbonyl (C=O) groups is 2. The fraction of sp³-hybridized carbons (Fsp3) is 0.560. The molecular weight excluding hydrogens is 732 g/mol. The lowest BCUT2D eigenvalue weighted by atomic mass is 9.72. The highest BCUT2D eigenvalue weighted by atomic mass is 19.1. The molecule has 2 aliphatic rings. The van der Waals surface area contributed by atoms with E-state index < -0.39 is 17.4 Å². The van der Waals surface area contributed by atoms with E-state index in [4.69, 9.17) is 14.2 Å². The van der Waals surface area contributed by atoms with Crippen molar-refractivity contribution in [1.29, 1.82) is 0 Å². The van der Waals surface area contributed by atoms with E-state index >= 15 is 4.39 Å². The van der Waals surface area contributed by atoms with Crippen molar-refractivity contribution in [2.24, 2.45) is 23.2 Å². The van der Waals surface area contributed by atoms with Gasteiger partial charge in [0.2, 0.25) is 0 Å². The maximum Gasteiger partial charge on any atom is 0.333 e. The van der Waals surface area contributed by atoms with Crippen molar-refractivity contribution in [3.8, 4) is 16.9 Å². The molecule has 7 nitrogen and oxygen atoms in total. The van der Waals surface area contributed by atoms with Crippen LogP contribution in [0.3, 0.4) is 0 Å². The predicted octanol–water partition coefficient (Wildman–Crippen LogP) is 11.1. The number of ether oxygens (including phenoxy) is 3. The van der Waals surface area contributed by atoms with Gasteiger partial charge in [-0.1, -0.05) is 95.9 Å². The fourth-order valence-electron chi connectivity index (χ4n) is 8.26. The molecule has 2 aromatic carbocycles. The second-order valence-electron chi connectivity index (χ2n) is 16.8. The van der Waals surface area contributed by atoms with Crippen LogP contribution >= 0.6 is 0 Å². The number of benzene rings is 2. The Balaban J connectivity index is 1.58. The minimum absolute atomic E-state index is 0.169. The molecule has 0 aromatic heterocycles. The third kappa shape index (κ3) is 13.5. The summed E-state index contributed by atoms with van der Waals surface area (Å²) in [6.45, 7) is 15.0. The summed E-state index contributed by atoms with van der Waals surface area (Å²) in [7, 11) is 0. The van der Waals surface area contributed by atoms with Gasteiger partial charge >= 0.3 is 11.9 Å². The zero-order valence-electron chi connectivity index (χ0n) is 35.7. The lowest BCUT2D eigenvalue weighted by Gasteiger charge is -2.33. The molecule has 0 heterocycles. The summed E-state index contributed by atoms with van der Waals surface area (Å²) in [6, 6.07) is 9.33. The van der Waals surface area contributed by atoms with Crippen LogP contribution in [0.5, 0.6) is 5.75 Å². The number of hydrogen-bond donors (Lipinski definition) is 2. The molecule has 0 radical (unpaired) electrons. The topological polar surface area (TPSA) is 102 Å². The first kappa shape index (κ1) is 46.7. The highest BCUT2D eigenvalue weighted by molar-refractivity contribution is 5.87. The first-order valence-corrected chi connectivity index (χ1v) is 21.8. The van der Waals surface area contributed by atoms with E-state index in [1.807, 2.05) is 31.2 Å². The lowest BCUT2D eigenvalue weighted by molar-refractivity contribution is -0.139. The highest BCUT2D eigenvalue weighted by Gasteiger charge is 2.28. The first-order valence-electron chi connectivity index (χ1n) is 21.8. The van der Waals surface area contributed by atoms with Crippen LogP contribution in [-0.2, 0) is 31.9 Å². The van der Waals surface area contributed by atoms with Gasteiger partial charge in [-0.2, -0.15) is 0 Å². The SMILES string of the molecule is C=C(C)C(=O)OCCCc1cc(-c2ccc(C3=CCC(C4CCC(CCCCC)CC4)C=C3)cc2F)cc(CCCOC(=O)C(=C)C)c1OCCC(CC)(CO)CO. The number of esters is 2. The molecule has 58 heavy (non-hydrogen) atoms. The molecule has 1 atom stereocenters. The van der Waals surface area contributed by atoms with Gasteiger partial charge in [-0.05, 0) is 135 Å². The minimum Gasteiger partial charge on any atom is -0.493 e. The van der Waals surface area contributed by atoms with Gasteiger partial charge in [0, 0.05) is 22.1 Å². The number of allylic oxidation sites excluding steroid dienone is 4. The van der Waals surface area contributed by atoms with Gasteiger partial charge in [0.05, 0.1) is 33.0 Å². The Labute approximate surface area is 347 Å². The number of aryl methyl sites for hydroxylation is 2. The van der Waals surface area contributed by atoms with E-state index in [2.05, 4.69) is 38.3 Å². The molecule has 4 rings (SSSR count). The Morgan fingerprint density at radius 3 is 1.95 bits per heavy atom. The molecule has 8 heteroatoms. The number of halogens is 1. The maximum absolute atomic E-state index is 16.3. The Morgan fingerprint density at radius 2 is 1.45 bits per heavy atom. The van der Waals surface area contributed by atoms with Gasteiger partial charge in [-0.15, -0.1) is 0 Å². The molecule has 1 saturated carbocycles. The lowest BCUT2D eigenvalue weighted by Crippen LogP contribution is -2.31. The molecule has 1 unspecified atom stereocenters. The van der Waals surface area contributed by atoms with E-state index in [9.17, 15) is 19.8 Å². The Kier molecular flexibility index (Phi) is 19.0. The van der Waals surface area contributed by atoms with Crippen molar-refractivity contribution in [3.63, 3.8) is 0 Å². The van der Waals surface area contributed by atoms with Crippen LogP contribution < -0.4 is 4.74 Å². The molecule has 0 saturated heterocycles. The average molecular weight is 801 g/mol. The van der Waals surface area contributed by atoms with Crippen LogP contribution in [0.15, 0.2) is 72.9 Å². The van der Waals surface area contributed by atoms with E-state index in [1.165, 1.54) is 51.4 Å². The fourth-order valence-corrected chi connectivity index (χ4v) is 8.26. The van der Waals surface area contributed by atoms with E-state index in [1.54, 1.807) is 19.9 Å². The van der Waals surface area contributed by atoms with E-state index in [-0.39, 0.29) is 38.9 Å². The molecule has 0 amide bonds. The Morgan fingerprint density at radius 1 is 0.828 bits per heavy atom. The number of aliphatic hydroxyl groups excluding tert-OH is 2. The second kappa shape index (κ2) is 23.5. The molecule has 0 aliphatic heterocycles. The van der Waals surface area contributed by atoms with Crippen molar-refractivity contribution >= 4 is 17.5 Å². The van der Waals surface area contributed by atoms with Gasteiger partial charge in [0.1, 0.15) is 11.6 Å². The number of hydrogen-bond acceptors (Lipinski definition) is 7. The quantitative estimate of drug-likeness (QED) is 0.0619. The maximum atomic E-state index is 16.3. The molecule has 0 bridgehead atoms. The normalized spacial score (nSPS) is 18.1. The van der Waals surface area contributed by atoms with Crippen LogP contribution in [0.4, 0.5) is 4.39 Å². The standard InChI is InChI=1S/C50H69FO7/c1-7-9-10-13-37-16-18-38(19-17-37)39-20-22-40(23-21-39)41-24-25-45(46(51)32-41)44-30-42(14-11-27-57-48(54)35(3)4)47(56-29-26-50(8-2,33-52)34-53)43(31-44)15-12-28-58-49(55)36(5)6/h20,22-25,30-32,37-39,52-53H,3,5,7-19,21,26-29,33-34H2,1-2,4,6H3. The van der Waals surface area contributed by atoms with Gasteiger partial charge < -0.3 is 24.4 Å². The van der Waals surface area contributed by atoms with Crippen LogP contribution in [-0.4, -0.2) is 55.2 Å². The van der Waals surface area contributed by atoms with E-state index in [0.29, 0.717) is 72.5 Å². The third-order valence-electron chi connectivity index (χ3n) is 12.3. The summed E-state index contributed by atoms with van der Waals surface area (Å²) in [5.74, 6) is 1.53. The zero-order chi connectivity index (χ0) is 42.1. The average Bonchev–Trinajstić information content (AvgIpc) is 3.23. The molecule has 1 fully saturated rings. The van der Waals surface area contributed by atoms with Gasteiger partial charge in [-0.25, -0.2) is 14.0 Å². The van der Waals surface area contributed by atoms with Crippen molar-refractivity contribution in [3.05, 3.63) is 95.4 Å². The Hall–Kier alpha value is -4.01. The van der Waals surface area contributed by atoms with Crippen molar-refractivity contribution in [2.75, 3.05) is 33.0 Å². The van der Waals surface area contributed by atoms with Crippen molar-refractivity contribution in [2.45, 2.75) is 124 Å². The third-order valence-corrected chi connectivity index (χ3v) is 12.3. The summed E-state index contributed by atoms with van der Waals surface area (Å²) >= 11 is 0. The smallest absolute Gasteiger partial charge is 0.333 e. The van der Waals surface area contributed by atoms with Crippen LogP contribution in [0.1, 0.15) is 128 Å². The van der Waals surface area contributed by atoms with Crippen LogP contribution in [0.25, 0.3) is 16.7 Å². The molecule has 2 N–H and O–H groups in total. The summed E-state index contributed by atoms with van der Waals surface area (Å²) < 4.78 is 33.6. The molecule has 318 valence electrons. The predicted molar refractivity (Wildman–Crippen MR) is 232 cm³/mol. The van der Waals surface area contributed by atoms with Gasteiger partial charge in [0.15, 0.2) is 0 Å². The number of carbonyl (C=O) groups excluding carboxylic acids is 2. The van der Waals surface area contributed by atoms with Gasteiger partial charge in [-0.3, -0.25) is 0 Å². The summed E-state index contributed by atoms with van der Waals surface area (Å²) in [5, 5.41) is 20.2. The minimum atomic E-state index is -0.685. The number of unbranched alkanes of at least 4 members (excludes halogenated alkanes) is 2. The van der Waals surface area contributed by atoms with Gasteiger partial charge in [0.25, 0.3) is 0 Å². The summed E-state index contributed by atoms with van der Waals surface area (Å²) in [5.41, 5.74) is 4.62. The largest absolute Gasteiger partial charge is 0.493 e. The number of aliphatic hydroxyl groups is 2. The highest BCUT2D eigenvalue weighted by Crippen LogP contribution is 2.41. The summed E-state index contributed by atoms with van der Waals surface area (Å²) in [4.78, 5) is 24.2. The van der Waals surface area contributed by atoms with Crippen LogP contribution in [0, 0.1) is 29.0 Å². The Bertz CT molecular complexity index is 1680. The molecule has 0 spiro atoms. The monoisotopic (exact) mass is 801 g/mol. The molecule has 2 aliphatic carbocycles. The number of rotatable bonds is 24. The van der Waals surface area contributed by atoms with E-state index in [0.717, 1.165) is 40.5 Å². The second-order valence-corrected chi connectivity index (χ2v) is 16.8. The van der Waals surface area contributed by atoms with Crippen LogP contribution in [0.2, 0.25) is 0 Å². The summed E-state index contributed by atoms with van der Waals surface area (Å²) in [6.07, 6.45) is 21.4. The molecular formula is C50H69FO7. The first-order chi connectivity index (χ1) is 27.9. The molecule has 2 aromatic rings.